The first kappa shape index (κ1) is 16.1. The second kappa shape index (κ2) is 7.16. The van der Waals surface area contributed by atoms with Crippen molar-refractivity contribution in [1.82, 2.24) is 0 Å². The summed E-state index contributed by atoms with van der Waals surface area (Å²) in [6, 6.07) is 10.9. The number of hydrogen-bond acceptors (Lipinski definition) is 3. The smallest absolute Gasteiger partial charge is 0.124 e. The molecule has 3 nitrogen and oxygen atoms in total. The van der Waals surface area contributed by atoms with Crippen LogP contribution in [0.25, 0.3) is 0 Å². The fraction of sp³-hybridized carbons (Fsp3) is 0.250. The number of methoxy groups -OCH3 is 2. The van der Waals surface area contributed by atoms with E-state index >= 15 is 0 Å². The molecule has 0 aliphatic carbocycles. The van der Waals surface area contributed by atoms with Gasteiger partial charge in [0.1, 0.15) is 11.5 Å². The highest BCUT2D eigenvalue weighted by atomic mass is 79.9. The molecular formula is C16H16BrClO3. The third-order valence-corrected chi connectivity index (χ3v) is 3.93. The molecule has 0 saturated carbocycles. The zero-order valence-electron chi connectivity index (χ0n) is 11.8. The quantitative estimate of drug-likeness (QED) is 0.847. The molecule has 0 aliphatic rings. The molecule has 21 heavy (non-hydrogen) atoms. The summed E-state index contributed by atoms with van der Waals surface area (Å²) in [6.45, 7) is 0. The van der Waals surface area contributed by atoms with Crippen molar-refractivity contribution in [3.63, 3.8) is 0 Å². The van der Waals surface area contributed by atoms with Gasteiger partial charge in [0.05, 0.1) is 20.3 Å². The normalized spacial score (nSPS) is 12.0. The van der Waals surface area contributed by atoms with Crippen LogP contribution in [0.3, 0.4) is 0 Å². The lowest BCUT2D eigenvalue weighted by Gasteiger charge is -2.17. The largest absolute Gasteiger partial charge is 0.496 e. The summed E-state index contributed by atoms with van der Waals surface area (Å²) < 4.78 is 11.5. The molecule has 0 aromatic heterocycles. The van der Waals surface area contributed by atoms with Crippen molar-refractivity contribution >= 4 is 27.5 Å². The lowest BCUT2D eigenvalue weighted by Crippen LogP contribution is -2.05. The number of benzene rings is 2. The van der Waals surface area contributed by atoms with E-state index in [1.807, 2.05) is 18.2 Å². The Bertz CT molecular complexity index is 631. The molecule has 0 fully saturated rings. The van der Waals surface area contributed by atoms with Crippen molar-refractivity contribution in [2.24, 2.45) is 0 Å². The first-order valence-electron chi connectivity index (χ1n) is 6.39. The molecular weight excluding hydrogens is 356 g/mol. The molecule has 2 rings (SSSR count). The first-order valence-corrected chi connectivity index (χ1v) is 7.56. The van der Waals surface area contributed by atoms with Crippen LogP contribution in [0.1, 0.15) is 17.2 Å². The van der Waals surface area contributed by atoms with E-state index in [1.165, 1.54) is 0 Å². The van der Waals surface area contributed by atoms with E-state index in [0.29, 0.717) is 28.5 Å². The van der Waals surface area contributed by atoms with Gasteiger partial charge in [-0.25, -0.2) is 0 Å². The number of ether oxygens (including phenoxy) is 2. The zero-order chi connectivity index (χ0) is 15.4. The number of aliphatic hydroxyl groups excluding tert-OH is 1. The molecule has 0 radical (unpaired) electrons. The monoisotopic (exact) mass is 370 g/mol. The van der Waals surface area contributed by atoms with E-state index in [9.17, 15) is 5.11 Å². The molecule has 0 bridgehead atoms. The summed E-state index contributed by atoms with van der Waals surface area (Å²) in [5.41, 5.74) is 1.56. The minimum atomic E-state index is -0.718. The Kier molecular flexibility index (Phi) is 5.51. The summed E-state index contributed by atoms with van der Waals surface area (Å²) in [4.78, 5) is 0. The lowest BCUT2D eigenvalue weighted by atomic mass is 10.00. The fourth-order valence-electron chi connectivity index (χ4n) is 2.19. The van der Waals surface area contributed by atoms with E-state index in [0.717, 1.165) is 10.0 Å². The highest BCUT2D eigenvalue weighted by Crippen LogP contribution is 2.33. The average Bonchev–Trinajstić information content (AvgIpc) is 2.47. The minimum Gasteiger partial charge on any atom is -0.496 e. The zero-order valence-corrected chi connectivity index (χ0v) is 14.1. The van der Waals surface area contributed by atoms with E-state index in [2.05, 4.69) is 15.9 Å². The third-order valence-electron chi connectivity index (χ3n) is 3.21. The Balaban J connectivity index is 2.31. The highest BCUT2D eigenvalue weighted by molar-refractivity contribution is 9.10. The molecule has 1 unspecified atom stereocenters. The number of hydrogen-bond donors (Lipinski definition) is 1. The van der Waals surface area contributed by atoms with E-state index in [-0.39, 0.29) is 0 Å². The maximum absolute atomic E-state index is 10.5. The molecule has 2 aromatic rings. The van der Waals surface area contributed by atoms with Gasteiger partial charge >= 0.3 is 0 Å². The van der Waals surface area contributed by atoms with Crippen LogP contribution in [-0.4, -0.2) is 19.3 Å². The predicted octanol–water partition coefficient (Wildman–Crippen LogP) is 4.40. The summed E-state index contributed by atoms with van der Waals surface area (Å²) in [5, 5.41) is 11.1. The van der Waals surface area contributed by atoms with Gasteiger partial charge in [0.25, 0.3) is 0 Å². The van der Waals surface area contributed by atoms with Crippen LogP contribution in [0.2, 0.25) is 5.02 Å². The highest BCUT2D eigenvalue weighted by Gasteiger charge is 2.17. The lowest BCUT2D eigenvalue weighted by molar-refractivity contribution is 0.173. The minimum absolute atomic E-state index is 0.385. The van der Waals surface area contributed by atoms with E-state index in [4.69, 9.17) is 21.1 Å². The van der Waals surface area contributed by atoms with Gasteiger partial charge in [-0.2, -0.15) is 0 Å². The Morgan fingerprint density at radius 1 is 1.10 bits per heavy atom. The van der Waals surface area contributed by atoms with Crippen molar-refractivity contribution in [2.45, 2.75) is 12.5 Å². The maximum atomic E-state index is 10.5. The molecule has 112 valence electrons. The summed E-state index contributed by atoms with van der Waals surface area (Å²) in [7, 11) is 3.18. The average molecular weight is 372 g/mol. The molecule has 0 heterocycles. The van der Waals surface area contributed by atoms with Gasteiger partial charge in [-0.1, -0.05) is 27.5 Å². The van der Waals surface area contributed by atoms with Crippen LogP contribution in [0.15, 0.2) is 40.9 Å². The van der Waals surface area contributed by atoms with Gasteiger partial charge in [-0.15, -0.1) is 0 Å². The molecule has 0 aliphatic heterocycles. The summed E-state index contributed by atoms with van der Waals surface area (Å²) in [5.74, 6) is 1.35. The van der Waals surface area contributed by atoms with Gasteiger partial charge in [-0.05, 0) is 42.0 Å². The fourth-order valence-corrected chi connectivity index (χ4v) is 2.76. The van der Waals surface area contributed by atoms with E-state index < -0.39 is 6.10 Å². The molecule has 2 aromatic carbocycles. The Morgan fingerprint density at radius 3 is 2.43 bits per heavy atom. The van der Waals surface area contributed by atoms with Gasteiger partial charge in [0, 0.05) is 21.5 Å². The molecule has 5 heteroatoms. The molecule has 0 amide bonds. The summed E-state index contributed by atoms with van der Waals surface area (Å²) >= 11 is 9.42. The topological polar surface area (TPSA) is 38.7 Å². The second-order valence-corrected chi connectivity index (χ2v) is 5.91. The maximum Gasteiger partial charge on any atom is 0.124 e. The molecule has 0 spiro atoms. The Labute approximate surface area is 137 Å². The van der Waals surface area contributed by atoms with Crippen LogP contribution < -0.4 is 9.47 Å². The van der Waals surface area contributed by atoms with Crippen molar-refractivity contribution in [2.75, 3.05) is 14.2 Å². The van der Waals surface area contributed by atoms with Crippen LogP contribution in [0, 0.1) is 0 Å². The number of rotatable bonds is 5. The van der Waals surface area contributed by atoms with Crippen molar-refractivity contribution in [1.29, 1.82) is 0 Å². The van der Waals surface area contributed by atoms with Crippen LogP contribution in [0.5, 0.6) is 11.5 Å². The number of aliphatic hydroxyl groups is 1. The van der Waals surface area contributed by atoms with Gasteiger partial charge in [0.15, 0.2) is 0 Å². The van der Waals surface area contributed by atoms with Gasteiger partial charge in [0.2, 0.25) is 0 Å². The standard InChI is InChI=1S/C16H16BrClO3/c1-20-15-6-4-12(18)7-10(15)8-14(19)13-9-11(17)3-5-16(13)21-2/h3-7,9,14,19H,8H2,1-2H3. The predicted molar refractivity (Wildman–Crippen MR) is 87.4 cm³/mol. The van der Waals surface area contributed by atoms with E-state index in [1.54, 1.807) is 32.4 Å². The molecule has 1 N–H and O–H groups in total. The van der Waals surface area contributed by atoms with Crippen molar-refractivity contribution < 1.29 is 14.6 Å². The second-order valence-electron chi connectivity index (χ2n) is 4.56. The van der Waals surface area contributed by atoms with Crippen LogP contribution in [0.4, 0.5) is 0 Å². The van der Waals surface area contributed by atoms with Gasteiger partial charge in [-0.3, -0.25) is 0 Å². The molecule has 0 saturated heterocycles. The van der Waals surface area contributed by atoms with Crippen molar-refractivity contribution in [3.8, 4) is 11.5 Å². The van der Waals surface area contributed by atoms with Gasteiger partial charge < -0.3 is 14.6 Å². The first-order chi connectivity index (χ1) is 10.0. The van der Waals surface area contributed by atoms with Crippen LogP contribution >= 0.6 is 27.5 Å². The van der Waals surface area contributed by atoms with Crippen LogP contribution in [-0.2, 0) is 6.42 Å². The molecule has 1 atom stereocenters. The number of halogens is 2. The Morgan fingerprint density at radius 2 is 1.76 bits per heavy atom. The third kappa shape index (κ3) is 3.90. The summed E-state index contributed by atoms with van der Waals surface area (Å²) in [6.07, 6.45) is -0.332. The van der Waals surface area contributed by atoms with Crippen molar-refractivity contribution in [3.05, 3.63) is 57.0 Å². The Hall–Kier alpha value is -1.23. The SMILES string of the molecule is COc1ccc(Cl)cc1CC(O)c1cc(Br)ccc1OC.